The number of halogens is 2. The Morgan fingerprint density at radius 2 is 1.92 bits per heavy atom. The van der Waals surface area contributed by atoms with Crippen molar-refractivity contribution in [1.82, 2.24) is 4.90 Å². The van der Waals surface area contributed by atoms with Crippen molar-refractivity contribution in [3.8, 4) is 5.75 Å². The van der Waals surface area contributed by atoms with E-state index in [1.54, 1.807) is 30.9 Å². The van der Waals surface area contributed by atoms with Crippen molar-refractivity contribution in [3.05, 3.63) is 28.8 Å². The maximum absolute atomic E-state index is 12.8. The highest BCUT2D eigenvalue weighted by Gasteiger charge is 2.29. The Morgan fingerprint density at radius 1 is 1.29 bits per heavy atom. The number of benzene rings is 1. The second-order valence-electron chi connectivity index (χ2n) is 6.14. The molecule has 0 spiro atoms. The second-order valence-corrected chi connectivity index (χ2v) is 6.14. The normalized spacial score (nSPS) is 17.9. The molecule has 0 radical (unpaired) electrons. The van der Waals surface area contributed by atoms with Crippen molar-refractivity contribution in [2.45, 2.75) is 52.2 Å². The van der Waals surface area contributed by atoms with Crippen LogP contribution in [0.15, 0.2) is 12.1 Å². The summed E-state index contributed by atoms with van der Waals surface area (Å²) in [5, 5.41) is 0. The summed E-state index contributed by atoms with van der Waals surface area (Å²) in [5.41, 5.74) is 6.63. The number of ether oxygens (including phenoxy) is 1. The molecular formula is C17H22F2N2O3. The minimum Gasteiger partial charge on any atom is -0.434 e. The monoisotopic (exact) mass is 340 g/mol. The fraction of sp³-hybridized carbons (Fsp3) is 0.529. The Balaban J connectivity index is 2.26. The molecule has 7 heteroatoms. The van der Waals surface area contributed by atoms with Gasteiger partial charge >= 0.3 is 6.61 Å². The van der Waals surface area contributed by atoms with Gasteiger partial charge in [0.1, 0.15) is 5.75 Å². The third kappa shape index (κ3) is 4.21. The average Bonchev–Trinajstić information content (AvgIpc) is 2.49. The minimum atomic E-state index is -2.91. The first kappa shape index (κ1) is 18.2. The van der Waals surface area contributed by atoms with E-state index in [9.17, 15) is 18.4 Å². The molecule has 1 heterocycles. The lowest BCUT2D eigenvalue weighted by Crippen LogP contribution is -2.45. The fourth-order valence-electron chi connectivity index (χ4n) is 3.23. The standard InChI is InChI=1S/C17H22F2N2O3/c1-10-7-12(8-11(2)15(10)24-17(18)19)16(23)21-6-4-3-5-13(21)9-14(20)22/h7-8,13,17H,3-6,9H2,1-2H3,(H2,20,22). The summed E-state index contributed by atoms with van der Waals surface area (Å²) < 4.78 is 29.4. The number of hydrogen-bond donors (Lipinski definition) is 1. The van der Waals surface area contributed by atoms with Crippen LogP contribution in [0, 0.1) is 13.8 Å². The number of aryl methyl sites for hydroxylation is 2. The number of alkyl halides is 2. The molecular weight excluding hydrogens is 318 g/mol. The second kappa shape index (κ2) is 7.59. The van der Waals surface area contributed by atoms with Crippen LogP contribution in [0.1, 0.15) is 47.2 Å². The van der Waals surface area contributed by atoms with Crippen LogP contribution < -0.4 is 10.5 Å². The van der Waals surface area contributed by atoms with Gasteiger partial charge in [0.15, 0.2) is 0 Å². The number of carbonyl (C=O) groups is 2. The van der Waals surface area contributed by atoms with Crippen molar-refractivity contribution < 1.29 is 23.1 Å². The summed E-state index contributed by atoms with van der Waals surface area (Å²) in [5.74, 6) is -0.558. The molecule has 1 unspecified atom stereocenters. The van der Waals surface area contributed by atoms with Gasteiger partial charge in [-0.2, -0.15) is 8.78 Å². The summed E-state index contributed by atoms with van der Waals surface area (Å²) >= 11 is 0. The van der Waals surface area contributed by atoms with Gasteiger partial charge in [0, 0.05) is 24.6 Å². The first-order chi connectivity index (χ1) is 11.3. The van der Waals surface area contributed by atoms with Crippen molar-refractivity contribution in [1.29, 1.82) is 0 Å². The van der Waals surface area contributed by atoms with Gasteiger partial charge in [-0.05, 0) is 56.4 Å². The molecule has 1 atom stereocenters. The SMILES string of the molecule is Cc1cc(C(=O)N2CCCCC2CC(N)=O)cc(C)c1OC(F)F. The molecule has 5 nitrogen and oxygen atoms in total. The predicted octanol–water partition coefficient (Wildman–Crippen LogP) is 2.77. The maximum atomic E-state index is 12.8. The molecule has 1 aromatic rings. The zero-order valence-electron chi connectivity index (χ0n) is 13.9. The molecule has 0 saturated carbocycles. The predicted molar refractivity (Wildman–Crippen MR) is 85.0 cm³/mol. The zero-order valence-corrected chi connectivity index (χ0v) is 13.9. The van der Waals surface area contributed by atoms with Gasteiger partial charge in [0.2, 0.25) is 5.91 Å². The highest BCUT2D eigenvalue weighted by molar-refractivity contribution is 5.95. The summed E-state index contributed by atoms with van der Waals surface area (Å²) in [6.07, 6.45) is 2.68. The first-order valence-electron chi connectivity index (χ1n) is 7.95. The van der Waals surface area contributed by atoms with E-state index in [0.717, 1.165) is 19.3 Å². The molecule has 0 aliphatic carbocycles. The third-order valence-corrected chi connectivity index (χ3v) is 4.24. The highest BCUT2D eigenvalue weighted by Crippen LogP contribution is 2.28. The van der Waals surface area contributed by atoms with Crippen LogP contribution in [0.3, 0.4) is 0 Å². The van der Waals surface area contributed by atoms with E-state index in [4.69, 9.17) is 5.73 Å². The van der Waals surface area contributed by atoms with Gasteiger partial charge in [-0.15, -0.1) is 0 Å². The molecule has 2 amide bonds. The van der Waals surface area contributed by atoms with E-state index < -0.39 is 12.5 Å². The lowest BCUT2D eigenvalue weighted by atomic mass is 9.97. The molecule has 1 aliphatic heterocycles. The Labute approximate surface area is 139 Å². The molecule has 24 heavy (non-hydrogen) atoms. The number of piperidine rings is 1. The van der Waals surface area contributed by atoms with Crippen LogP contribution in [0.5, 0.6) is 5.75 Å². The van der Waals surface area contributed by atoms with Gasteiger partial charge < -0.3 is 15.4 Å². The number of carbonyl (C=O) groups excluding carboxylic acids is 2. The van der Waals surface area contributed by atoms with Crippen LogP contribution in [0.2, 0.25) is 0 Å². The Kier molecular flexibility index (Phi) is 5.75. The van der Waals surface area contributed by atoms with Gasteiger partial charge in [-0.3, -0.25) is 9.59 Å². The minimum absolute atomic E-state index is 0.0916. The number of likely N-dealkylation sites (tertiary alicyclic amines) is 1. The van der Waals surface area contributed by atoms with E-state index in [1.165, 1.54) is 0 Å². The molecule has 1 aromatic carbocycles. The molecule has 2 N–H and O–H groups in total. The zero-order chi connectivity index (χ0) is 17.9. The molecule has 0 aromatic heterocycles. The number of nitrogens with zero attached hydrogens (tertiary/aromatic N) is 1. The quantitative estimate of drug-likeness (QED) is 0.896. The lowest BCUT2D eigenvalue weighted by Gasteiger charge is -2.35. The number of primary amides is 1. The lowest BCUT2D eigenvalue weighted by molar-refractivity contribution is -0.119. The van der Waals surface area contributed by atoms with Crippen LogP contribution in [0.25, 0.3) is 0 Å². The number of amides is 2. The van der Waals surface area contributed by atoms with E-state index in [2.05, 4.69) is 4.74 Å². The van der Waals surface area contributed by atoms with E-state index in [-0.39, 0.29) is 24.1 Å². The van der Waals surface area contributed by atoms with Gasteiger partial charge in [0.25, 0.3) is 5.91 Å². The summed E-state index contributed by atoms with van der Waals surface area (Å²) in [6, 6.07) is 2.88. The smallest absolute Gasteiger partial charge is 0.387 e. The Hall–Kier alpha value is -2.18. The summed E-state index contributed by atoms with van der Waals surface area (Å²) in [7, 11) is 0. The largest absolute Gasteiger partial charge is 0.434 e. The van der Waals surface area contributed by atoms with Crippen LogP contribution >= 0.6 is 0 Å². The van der Waals surface area contributed by atoms with Crippen LogP contribution in [-0.2, 0) is 4.79 Å². The molecule has 1 aliphatic rings. The average molecular weight is 340 g/mol. The highest BCUT2D eigenvalue weighted by atomic mass is 19.3. The van der Waals surface area contributed by atoms with Gasteiger partial charge in [-0.1, -0.05) is 0 Å². The number of hydrogen-bond acceptors (Lipinski definition) is 3. The first-order valence-corrected chi connectivity index (χ1v) is 7.95. The molecule has 132 valence electrons. The van der Waals surface area contributed by atoms with Crippen molar-refractivity contribution in [3.63, 3.8) is 0 Å². The van der Waals surface area contributed by atoms with Crippen LogP contribution in [0.4, 0.5) is 8.78 Å². The molecule has 1 fully saturated rings. The summed E-state index contributed by atoms with van der Waals surface area (Å²) in [6.45, 7) is 0.896. The van der Waals surface area contributed by atoms with Gasteiger partial charge in [-0.25, -0.2) is 0 Å². The Morgan fingerprint density at radius 3 is 2.46 bits per heavy atom. The fourth-order valence-corrected chi connectivity index (χ4v) is 3.23. The van der Waals surface area contributed by atoms with E-state index in [1.807, 2.05) is 0 Å². The topological polar surface area (TPSA) is 72.6 Å². The maximum Gasteiger partial charge on any atom is 0.387 e. The van der Waals surface area contributed by atoms with Crippen molar-refractivity contribution in [2.24, 2.45) is 5.73 Å². The third-order valence-electron chi connectivity index (χ3n) is 4.24. The number of rotatable bonds is 5. The van der Waals surface area contributed by atoms with E-state index in [0.29, 0.717) is 23.2 Å². The van der Waals surface area contributed by atoms with Crippen molar-refractivity contribution >= 4 is 11.8 Å². The Bertz CT molecular complexity index is 611. The molecule has 0 bridgehead atoms. The number of nitrogens with two attached hydrogens (primary N) is 1. The van der Waals surface area contributed by atoms with Gasteiger partial charge in [0.05, 0.1) is 0 Å². The van der Waals surface area contributed by atoms with Crippen molar-refractivity contribution in [2.75, 3.05) is 6.54 Å². The molecule has 1 saturated heterocycles. The molecule has 2 rings (SSSR count). The summed E-state index contributed by atoms with van der Waals surface area (Å²) in [4.78, 5) is 25.7. The van der Waals surface area contributed by atoms with E-state index >= 15 is 0 Å². The van der Waals surface area contributed by atoms with Crippen LogP contribution in [-0.4, -0.2) is 35.9 Å².